The Morgan fingerprint density at radius 2 is 1.57 bits per heavy atom. The minimum Gasteiger partial charge on any atom is -0.475 e. The van der Waals surface area contributed by atoms with E-state index in [1.807, 2.05) is 34.4 Å². The third-order valence-electron chi connectivity index (χ3n) is 5.83. The van der Waals surface area contributed by atoms with E-state index in [1.54, 1.807) is 23.7 Å². The van der Waals surface area contributed by atoms with Crippen LogP contribution in [0.1, 0.15) is 16.7 Å². The molecule has 4 aromatic rings. The molecule has 5 heterocycles. The molecule has 226 valence electrons. The number of nitrogens with zero attached hydrogens (tertiary/aromatic N) is 7. The van der Waals surface area contributed by atoms with Crippen LogP contribution in [0.25, 0.3) is 16.6 Å². The van der Waals surface area contributed by atoms with E-state index < -0.39 is 24.3 Å². The molecule has 1 unspecified atom stereocenters. The van der Waals surface area contributed by atoms with Gasteiger partial charge in [0, 0.05) is 55.4 Å². The van der Waals surface area contributed by atoms with Crippen LogP contribution in [-0.2, 0) is 16.1 Å². The number of rotatable bonds is 4. The maximum atomic E-state index is 10.6. The van der Waals surface area contributed by atoms with Crippen molar-refractivity contribution in [1.82, 2.24) is 34.6 Å². The van der Waals surface area contributed by atoms with Crippen LogP contribution >= 0.6 is 11.3 Å². The van der Waals surface area contributed by atoms with Crippen molar-refractivity contribution in [1.29, 1.82) is 0 Å². The molecule has 0 radical (unpaired) electrons. The minimum atomic E-state index is -5.08. The topological polar surface area (TPSA) is 137 Å². The molecule has 0 bridgehead atoms. The van der Waals surface area contributed by atoms with Gasteiger partial charge in [-0.3, -0.25) is 14.8 Å². The van der Waals surface area contributed by atoms with Crippen LogP contribution in [-0.4, -0.2) is 95.8 Å². The molecule has 42 heavy (non-hydrogen) atoms. The van der Waals surface area contributed by atoms with E-state index in [1.165, 1.54) is 0 Å². The van der Waals surface area contributed by atoms with E-state index in [0.717, 1.165) is 53.5 Å². The van der Waals surface area contributed by atoms with E-state index >= 15 is 0 Å². The van der Waals surface area contributed by atoms with Gasteiger partial charge < -0.3 is 10.2 Å². The van der Waals surface area contributed by atoms with Crippen LogP contribution in [0.4, 0.5) is 26.3 Å². The molecule has 0 amide bonds. The number of aromatic nitrogens is 5. The summed E-state index contributed by atoms with van der Waals surface area (Å²) in [6.07, 6.45) is -2.64. The van der Waals surface area contributed by atoms with E-state index in [9.17, 15) is 26.3 Å². The molecule has 1 atom stereocenters. The summed E-state index contributed by atoms with van der Waals surface area (Å²) in [5, 5.41) is 26.4. The second kappa shape index (κ2) is 13.7. The third-order valence-corrected chi connectivity index (χ3v) is 6.59. The molecule has 2 N–H and O–H groups in total. The molecule has 1 saturated heterocycles. The number of fused-ring (bicyclic) bond motifs is 1. The molecule has 1 fully saturated rings. The van der Waals surface area contributed by atoms with Crippen LogP contribution in [0, 0.1) is 0 Å². The summed E-state index contributed by atoms with van der Waals surface area (Å²) in [6.45, 7) is 3.87. The molecule has 5 rings (SSSR count). The lowest BCUT2D eigenvalue weighted by molar-refractivity contribution is -0.193. The van der Waals surface area contributed by atoms with Gasteiger partial charge in [-0.05, 0) is 30.8 Å². The Hall–Kier alpha value is -4.16. The molecular weight excluding hydrogens is 596 g/mol. The molecule has 0 aromatic carbocycles. The molecule has 1 aliphatic heterocycles. The first-order valence-corrected chi connectivity index (χ1v) is 12.7. The molecule has 18 heteroatoms. The highest BCUT2D eigenvalue weighted by Crippen LogP contribution is 2.28. The number of pyridine rings is 2. The first kappa shape index (κ1) is 32.4. The zero-order chi connectivity index (χ0) is 31.1. The molecule has 11 nitrogen and oxygen atoms in total. The Morgan fingerprint density at radius 3 is 2.12 bits per heavy atom. The third kappa shape index (κ3) is 8.92. The maximum Gasteiger partial charge on any atom is 0.490 e. The van der Waals surface area contributed by atoms with Gasteiger partial charge in [-0.2, -0.15) is 26.3 Å². The van der Waals surface area contributed by atoms with Gasteiger partial charge in [0.1, 0.15) is 10.7 Å². The summed E-state index contributed by atoms with van der Waals surface area (Å²) < 4.78 is 65.4. The highest BCUT2D eigenvalue weighted by Gasteiger charge is 2.39. The molecule has 0 spiro atoms. The van der Waals surface area contributed by atoms with Crippen molar-refractivity contribution in [3.05, 3.63) is 65.1 Å². The zero-order valence-corrected chi connectivity index (χ0v) is 22.4. The van der Waals surface area contributed by atoms with E-state index in [-0.39, 0.29) is 6.04 Å². The first-order chi connectivity index (χ1) is 19.7. The zero-order valence-electron chi connectivity index (χ0n) is 21.6. The van der Waals surface area contributed by atoms with Crippen molar-refractivity contribution in [2.75, 3.05) is 26.7 Å². The molecule has 1 aliphatic rings. The van der Waals surface area contributed by atoms with E-state index in [0.29, 0.717) is 0 Å². The lowest BCUT2D eigenvalue weighted by Crippen LogP contribution is -2.46. The second-order valence-electron chi connectivity index (χ2n) is 8.72. The van der Waals surface area contributed by atoms with Crippen molar-refractivity contribution in [2.24, 2.45) is 0 Å². The lowest BCUT2D eigenvalue weighted by atomic mass is 10.1. The van der Waals surface area contributed by atoms with Crippen LogP contribution in [0.3, 0.4) is 0 Å². The Morgan fingerprint density at radius 1 is 0.952 bits per heavy atom. The fraction of sp³-hybridized carbons (Fsp3) is 0.333. The van der Waals surface area contributed by atoms with Crippen LogP contribution < -0.4 is 0 Å². The van der Waals surface area contributed by atoms with Crippen molar-refractivity contribution >= 4 is 28.8 Å². The summed E-state index contributed by atoms with van der Waals surface area (Å²) >= 11 is 1.72. The predicted octanol–water partition coefficient (Wildman–Crippen LogP) is 4.00. The standard InChI is InChI=1S/C20H21N7S.2C2HF3O2/c1-25-9-10-26(14-19-22-8-11-28-19)13-18(25)20-17-3-2-16(12-27(17)24-23-20)15-4-6-21-7-5-15;2*3-2(4,5)1(6)7/h2-8,11-12,18H,9-10,13-14H2,1H3;2*(H,6,7). The van der Waals surface area contributed by atoms with Gasteiger partial charge >= 0.3 is 24.3 Å². The number of piperazine rings is 1. The number of hydrogen-bond acceptors (Lipinski definition) is 9. The number of hydrogen-bond donors (Lipinski definition) is 2. The van der Waals surface area contributed by atoms with Crippen molar-refractivity contribution in [2.45, 2.75) is 24.9 Å². The minimum absolute atomic E-state index is 0.220. The Kier molecular flexibility index (Phi) is 10.5. The number of likely N-dealkylation sites (N-methyl/N-ethyl adjacent to an activating group) is 1. The Labute approximate surface area is 237 Å². The van der Waals surface area contributed by atoms with Gasteiger partial charge in [-0.25, -0.2) is 19.1 Å². The first-order valence-electron chi connectivity index (χ1n) is 11.8. The molecule has 0 aliphatic carbocycles. The number of halogens is 6. The average Bonchev–Trinajstić information content (AvgIpc) is 3.59. The number of thiazole rings is 1. The summed E-state index contributed by atoms with van der Waals surface area (Å²) in [4.78, 5) is 31.1. The monoisotopic (exact) mass is 619 g/mol. The van der Waals surface area contributed by atoms with E-state index in [2.05, 4.69) is 49.3 Å². The van der Waals surface area contributed by atoms with Crippen LogP contribution in [0.15, 0.2) is 54.4 Å². The van der Waals surface area contributed by atoms with Gasteiger partial charge in [0.2, 0.25) is 0 Å². The van der Waals surface area contributed by atoms with Gasteiger partial charge in [-0.1, -0.05) is 11.3 Å². The number of alkyl halides is 6. The second-order valence-corrected chi connectivity index (χ2v) is 9.70. The lowest BCUT2D eigenvalue weighted by Gasteiger charge is -2.38. The summed E-state index contributed by atoms with van der Waals surface area (Å²) in [5.41, 5.74) is 4.32. The van der Waals surface area contributed by atoms with Crippen molar-refractivity contribution < 1.29 is 46.1 Å². The Balaban J connectivity index is 0.000000289. The van der Waals surface area contributed by atoms with Crippen LogP contribution in [0.2, 0.25) is 0 Å². The molecule has 0 saturated carbocycles. The summed E-state index contributed by atoms with van der Waals surface area (Å²) in [5.74, 6) is -5.51. The largest absolute Gasteiger partial charge is 0.490 e. The quantitative estimate of drug-likeness (QED) is 0.323. The molecular formula is C24H23F6N7O4S. The fourth-order valence-corrected chi connectivity index (χ4v) is 4.42. The average molecular weight is 620 g/mol. The highest BCUT2D eigenvalue weighted by molar-refractivity contribution is 7.09. The highest BCUT2D eigenvalue weighted by atomic mass is 32.1. The number of carboxylic acid groups (broad SMARTS) is 2. The van der Waals surface area contributed by atoms with Gasteiger partial charge in [0.25, 0.3) is 0 Å². The SMILES string of the molecule is CN1CCN(Cc2nccs2)CC1c1nnn2cc(-c3ccncc3)ccc12.O=C(O)C(F)(F)F.O=C(O)C(F)(F)F. The van der Waals surface area contributed by atoms with Gasteiger partial charge in [-0.15, -0.1) is 16.4 Å². The molecule has 4 aromatic heterocycles. The number of carbonyl (C=O) groups is 2. The summed E-state index contributed by atoms with van der Waals surface area (Å²) in [7, 11) is 2.17. The fourth-order valence-electron chi connectivity index (χ4n) is 3.76. The van der Waals surface area contributed by atoms with Crippen molar-refractivity contribution in [3.63, 3.8) is 0 Å². The van der Waals surface area contributed by atoms with Crippen LogP contribution in [0.5, 0.6) is 0 Å². The number of carboxylic acids is 2. The van der Waals surface area contributed by atoms with Gasteiger partial charge in [0.05, 0.1) is 18.1 Å². The normalized spacial score (nSPS) is 16.2. The number of aliphatic carboxylic acids is 2. The predicted molar refractivity (Wildman–Crippen MR) is 136 cm³/mol. The van der Waals surface area contributed by atoms with Crippen molar-refractivity contribution in [3.8, 4) is 11.1 Å². The summed E-state index contributed by atoms with van der Waals surface area (Å²) in [6, 6.07) is 8.49. The van der Waals surface area contributed by atoms with E-state index in [4.69, 9.17) is 19.8 Å². The smallest absolute Gasteiger partial charge is 0.475 e. The Bertz CT molecular complexity index is 1440. The maximum absolute atomic E-state index is 10.6. The van der Waals surface area contributed by atoms with Gasteiger partial charge in [0.15, 0.2) is 0 Å².